The molecule has 0 bridgehead atoms. The number of rotatable bonds is 4. The van der Waals surface area contributed by atoms with Crippen LogP contribution in [0.5, 0.6) is 0 Å². The Hall–Kier alpha value is -4.20. The van der Waals surface area contributed by atoms with Crippen LogP contribution in [0.25, 0.3) is 17.0 Å². The van der Waals surface area contributed by atoms with E-state index in [2.05, 4.69) is 11.4 Å². The van der Waals surface area contributed by atoms with Gasteiger partial charge in [0.05, 0.1) is 21.8 Å². The van der Waals surface area contributed by atoms with Crippen LogP contribution in [0, 0.1) is 0 Å². The van der Waals surface area contributed by atoms with Gasteiger partial charge in [-0.1, -0.05) is 71.5 Å². The van der Waals surface area contributed by atoms with Crippen molar-refractivity contribution in [3.05, 3.63) is 132 Å². The summed E-state index contributed by atoms with van der Waals surface area (Å²) in [7, 11) is 1.99. The zero-order valence-corrected chi connectivity index (χ0v) is 22.3. The number of thiazole rings is 1. The number of nitrogens with zero attached hydrogens (tertiary/aromatic N) is 3. The van der Waals surface area contributed by atoms with Crippen molar-refractivity contribution in [3.8, 4) is 0 Å². The first-order valence-corrected chi connectivity index (χ1v) is 13.3. The summed E-state index contributed by atoms with van der Waals surface area (Å²) in [4.78, 5) is 32.8. The van der Waals surface area contributed by atoms with E-state index >= 15 is 0 Å². The lowest BCUT2D eigenvalue weighted by atomic mass is 9.95. The van der Waals surface area contributed by atoms with Gasteiger partial charge < -0.3 is 9.88 Å². The highest BCUT2D eigenvalue weighted by Crippen LogP contribution is 2.31. The van der Waals surface area contributed by atoms with Gasteiger partial charge in [0.15, 0.2) is 4.80 Å². The van der Waals surface area contributed by atoms with E-state index in [1.807, 2.05) is 91.5 Å². The molecule has 6 nitrogen and oxygen atoms in total. The molecule has 3 heterocycles. The lowest BCUT2D eigenvalue weighted by Crippen LogP contribution is -2.40. The van der Waals surface area contributed by atoms with E-state index in [9.17, 15) is 9.59 Å². The van der Waals surface area contributed by atoms with Gasteiger partial charge in [-0.3, -0.25) is 14.2 Å². The fraction of sp³-hybridized carbons (Fsp3) is 0.100. The zero-order valence-electron chi connectivity index (χ0n) is 20.7. The van der Waals surface area contributed by atoms with Gasteiger partial charge in [-0.25, -0.2) is 4.99 Å². The maximum atomic E-state index is 13.9. The number of amides is 1. The third-order valence-electron chi connectivity index (χ3n) is 6.70. The Morgan fingerprint density at radius 1 is 1.03 bits per heavy atom. The topological polar surface area (TPSA) is 68.4 Å². The number of allylic oxidation sites excluding steroid dienone is 1. The van der Waals surface area contributed by atoms with E-state index in [4.69, 9.17) is 16.6 Å². The molecule has 0 radical (unpaired) electrons. The third kappa shape index (κ3) is 4.20. The number of aromatic nitrogens is 2. The van der Waals surface area contributed by atoms with Crippen molar-refractivity contribution >= 4 is 51.5 Å². The van der Waals surface area contributed by atoms with Gasteiger partial charge in [-0.05, 0) is 48.9 Å². The Kier molecular flexibility index (Phi) is 6.10. The lowest BCUT2D eigenvalue weighted by Gasteiger charge is -2.25. The van der Waals surface area contributed by atoms with Crippen molar-refractivity contribution < 1.29 is 4.79 Å². The highest BCUT2D eigenvalue weighted by atomic mass is 35.5. The van der Waals surface area contributed by atoms with Gasteiger partial charge in [0.1, 0.15) is 0 Å². The third-order valence-corrected chi connectivity index (χ3v) is 7.93. The van der Waals surface area contributed by atoms with Crippen LogP contribution < -0.4 is 20.2 Å². The fourth-order valence-corrected chi connectivity index (χ4v) is 6.08. The average Bonchev–Trinajstić information content (AvgIpc) is 3.40. The fourth-order valence-electron chi connectivity index (χ4n) is 4.92. The van der Waals surface area contributed by atoms with Crippen LogP contribution in [0.1, 0.15) is 24.1 Å². The summed E-state index contributed by atoms with van der Waals surface area (Å²) in [5.41, 5.74) is 4.27. The van der Waals surface area contributed by atoms with E-state index < -0.39 is 6.04 Å². The number of carbonyl (C=O) groups excluding carboxylic acids is 1. The molecule has 1 amide bonds. The molecule has 1 aliphatic heterocycles. The number of carbonyl (C=O) groups is 1. The van der Waals surface area contributed by atoms with Crippen LogP contribution in [0.15, 0.2) is 106 Å². The Morgan fingerprint density at radius 2 is 1.74 bits per heavy atom. The van der Waals surface area contributed by atoms with Gasteiger partial charge in [-0.15, -0.1) is 0 Å². The molecule has 8 heteroatoms. The van der Waals surface area contributed by atoms with Crippen molar-refractivity contribution in [3.63, 3.8) is 0 Å². The average molecular weight is 539 g/mol. The van der Waals surface area contributed by atoms with Crippen molar-refractivity contribution in [2.24, 2.45) is 12.0 Å². The molecule has 2 aromatic heterocycles. The summed E-state index contributed by atoms with van der Waals surface area (Å²) < 4.78 is 4.22. The number of aryl methyl sites for hydroxylation is 1. The molecule has 5 aromatic rings. The maximum absolute atomic E-state index is 13.9. The molecule has 38 heavy (non-hydrogen) atoms. The van der Waals surface area contributed by atoms with Crippen LogP contribution in [-0.2, 0) is 11.8 Å². The molecule has 1 unspecified atom stereocenters. The first-order valence-electron chi connectivity index (χ1n) is 12.1. The number of anilines is 1. The molecule has 3 aromatic carbocycles. The largest absolute Gasteiger partial charge is 0.350 e. The SMILES string of the molecule is CC1=C(C(=O)Nc2ccccc2)C(c2ccc(Cl)cc2)n2c(s/c(=C/c3cn(C)c4ccccc34)c2=O)=N1. The van der Waals surface area contributed by atoms with Crippen LogP contribution in [0.3, 0.4) is 0 Å². The number of fused-ring (bicyclic) bond motifs is 2. The van der Waals surface area contributed by atoms with Gasteiger partial charge in [-0.2, -0.15) is 0 Å². The monoisotopic (exact) mass is 538 g/mol. The van der Waals surface area contributed by atoms with Crippen molar-refractivity contribution in [1.29, 1.82) is 0 Å². The number of nitrogens with one attached hydrogen (secondary N) is 1. The van der Waals surface area contributed by atoms with Crippen LogP contribution in [-0.4, -0.2) is 15.0 Å². The molecule has 0 saturated carbocycles. The molecule has 1 N–H and O–H groups in total. The summed E-state index contributed by atoms with van der Waals surface area (Å²) in [6.07, 6.45) is 3.93. The molecule has 188 valence electrons. The smallest absolute Gasteiger partial charge is 0.271 e. The van der Waals surface area contributed by atoms with Crippen LogP contribution >= 0.6 is 22.9 Å². The summed E-state index contributed by atoms with van der Waals surface area (Å²) >= 11 is 7.50. The highest BCUT2D eigenvalue weighted by Gasteiger charge is 2.32. The first kappa shape index (κ1) is 24.2. The molecule has 0 saturated heterocycles. The lowest BCUT2D eigenvalue weighted by molar-refractivity contribution is -0.113. The van der Waals surface area contributed by atoms with Gasteiger partial charge in [0.25, 0.3) is 11.5 Å². The predicted molar refractivity (Wildman–Crippen MR) is 153 cm³/mol. The first-order chi connectivity index (χ1) is 18.4. The van der Waals surface area contributed by atoms with Crippen molar-refractivity contribution in [1.82, 2.24) is 9.13 Å². The standard InChI is InChI=1S/C30H23ClN4O2S/c1-18-26(28(36)33-22-8-4-3-5-9-22)27(19-12-14-21(31)15-13-19)35-29(37)25(38-30(35)32-18)16-20-17-34(2)24-11-7-6-10-23(20)24/h3-17,27H,1-2H3,(H,33,36)/b25-16+. The molecular weight excluding hydrogens is 516 g/mol. The molecule has 0 aliphatic carbocycles. The minimum absolute atomic E-state index is 0.195. The van der Waals surface area contributed by atoms with Gasteiger partial charge >= 0.3 is 0 Å². The second kappa shape index (κ2) is 9.59. The molecule has 0 fully saturated rings. The van der Waals surface area contributed by atoms with E-state index in [0.717, 1.165) is 22.0 Å². The molecular formula is C30H23ClN4O2S. The van der Waals surface area contributed by atoms with Crippen LogP contribution in [0.4, 0.5) is 5.69 Å². The van der Waals surface area contributed by atoms with Gasteiger partial charge in [0.2, 0.25) is 0 Å². The summed E-state index contributed by atoms with van der Waals surface area (Å²) in [6, 6.07) is 23.9. The van der Waals surface area contributed by atoms with E-state index in [1.165, 1.54) is 11.3 Å². The quantitative estimate of drug-likeness (QED) is 0.349. The predicted octanol–water partition coefficient (Wildman–Crippen LogP) is 5.02. The van der Waals surface area contributed by atoms with E-state index in [1.54, 1.807) is 16.7 Å². The Morgan fingerprint density at radius 3 is 2.50 bits per heavy atom. The minimum Gasteiger partial charge on any atom is -0.350 e. The minimum atomic E-state index is -0.651. The molecule has 1 atom stereocenters. The molecule has 1 aliphatic rings. The Labute approximate surface area is 227 Å². The van der Waals surface area contributed by atoms with Crippen LogP contribution in [0.2, 0.25) is 5.02 Å². The van der Waals surface area contributed by atoms with E-state index in [0.29, 0.717) is 31.3 Å². The maximum Gasteiger partial charge on any atom is 0.271 e. The number of halogens is 1. The number of hydrogen-bond acceptors (Lipinski definition) is 4. The summed E-state index contributed by atoms with van der Waals surface area (Å²) in [5, 5.41) is 4.61. The summed E-state index contributed by atoms with van der Waals surface area (Å²) in [5.74, 6) is -0.305. The Balaban J connectivity index is 1.53. The molecule has 6 rings (SSSR count). The number of para-hydroxylation sites is 2. The van der Waals surface area contributed by atoms with Gasteiger partial charge in [0, 0.05) is 40.4 Å². The number of hydrogen-bond donors (Lipinski definition) is 1. The van der Waals surface area contributed by atoms with Crippen molar-refractivity contribution in [2.75, 3.05) is 5.32 Å². The zero-order chi connectivity index (χ0) is 26.4. The normalized spacial score (nSPS) is 15.4. The second-order valence-corrected chi connectivity index (χ2v) is 10.6. The summed E-state index contributed by atoms with van der Waals surface area (Å²) in [6.45, 7) is 1.81. The van der Waals surface area contributed by atoms with E-state index in [-0.39, 0.29) is 11.5 Å². The second-order valence-electron chi connectivity index (χ2n) is 9.17. The van der Waals surface area contributed by atoms with Crippen molar-refractivity contribution in [2.45, 2.75) is 13.0 Å². The number of benzene rings is 3. The molecule has 0 spiro atoms. The highest BCUT2D eigenvalue weighted by molar-refractivity contribution is 7.07. The Bertz CT molecular complexity index is 1920.